The van der Waals surface area contributed by atoms with Crippen molar-refractivity contribution >= 4 is 34.6 Å². The second-order valence-corrected chi connectivity index (χ2v) is 5.57. The number of anilines is 1. The van der Waals surface area contributed by atoms with Crippen LogP contribution >= 0.6 is 23.8 Å². The highest BCUT2D eigenvalue weighted by molar-refractivity contribution is 7.80. The van der Waals surface area contributed by atoms with Gasteiger partial charge in [-0.2, -0.15) is 8.78 Å². The maximum Gasteiger partial charge on any atom is 0.387 e. The van der Waals surface area contributed by atoms with Gasteiger partial charge in [-0.1, -0.05) is 41.9 Å². The van der Waals surface area contributed by atoms with Crippen LogP contribution in [0.4, 0.5) is 14.5 Å². The Morgan fingerprint density at radius 2 is 1.87 bits per heavy atom. The van der Waals surface area contributed by atoms with Crippen LogP contribution in [-0.2, 0) is 0 Å². The van der Waals surface area contributed by atoms with Crippen molar-refractivity contribution in [3.63, 3.8) is 0 Å². The average Bonchev–Trinajstić information content (AvgIpc) is 2.50. The quantitative estimate of drug-likeness (QED) is 0.739. The van der Waals surface area contributed by atoms with E-state index in [4.69, 9.17) is 23.8 Å². The summed E-state index contributed by atoms with van der Waals surface area (Å²) in [4.78, 5) is 0. The van der Waals surface area contributed by atoms with Crippen molar-refractivity contribution in [2.45, 2.75) is 19.6 Å². The molecule has 0 bridgehead atoms. The normalized spacial score (nSPS) is 11.9. The highest BCUT2D eigenvalue weighted by Crippen LogP contribution is 2.29. The lowest BCUT2D eigenvalue weighted by atomic mass is 10.1. The molecule has 0 spiro atoms. The van der Waals surface area contributed by atoms with E-state index in [1.54, 1.807) is 6.07 Å². The topological polar surface area (TPSA) is 33.3 Å². The molecule has 23 heavy (non-hydrogen) atoms. The summed E-state index contributed by atoms with van der Waals surface area (Å²) >= 11 is 11.1. The first-order valence-corrected chi connectivity index (χ1v) is 7.61. The van der Waals surface area contributed by atoms with Gasteiger partial charge in [0.1, 0.15) is 5.75 Å². The Balaban J connectivity index is 1.96. The van der Waals surface area contributed by atoms with Crippen molar-refractivity contribution in [2.24, 2.45) is 0 Å². The summed E-state index contributed by atoms with van der Waals surface area (Å²) in [5.74, 6) is -0.0799. The van der Waals surface area contributed by atoms with Crippen LogP contribution in [-0.4, -0.2) is 11.7 Å². The van der Waals surface area contributed by atoms with Crippen LogP contribution in [0.3, 0.4) is 0 Å². The maximum atomic E-state index is 12.2. The molecule has 0 aromatic heterocycles. The SMILES string of the molecule is CC(NC(=S)Nc1ccc(OC(F)F)c(Cl)c1)c1ccccc1. The number of rotatable bonds is 5. The van der Waals surface area contributed by atoms with E-state index >= 15 is 0 Å². The summed E-state index contributed by atoms with van der Waals surface area (Å²) in [6.07, 6.45) is 0. The van der Waals surface area contributed by atoms with Gasteiger partial charge in [0.25, 0.3) is 0 Å². The van der Waals surface area contributed by atoms with E-state index in [1.165, 1.54) is 12.1 Å². The Morgan fingerprint density at radius 3 is 2.48 bits per heavy atom. The minimum absolute atomic E-state index is 0.0214. The van der Waals surface area contributed by atoms with Gasteiger partial charge in [-0.15, -0.1) is 0 Å². The minimum Gasteiger partial charge on any atom is -0.433 e. The van der Waals surface area contributed by atoms with Crippen LogP contribution in [0.5, 0.6) is 5.75 Å². The van der Waals surface area contributed by atoms with Crippen LogP contribution in [0.2, 0.25) is 5.02 Å². The fourth-order valence-corrected chi connectivity index (χ4v) is 2.48. The van der Waals surface area contributed by atoms with Gasteiger partial charge >= 0.3 is 6.61 Å². The number of ether oxygens (including phenoxy) is 1. The van der Waals surface area contributed by atoms with E-state index in [-0.39, 0.29) is 16.8 Å². The summed E-state index contributed by atoms with van der Waals surface area (Å²) < 4.78 is 28.7. The van der Waals surface area contributed by atoms with Crippen LogP contribution < -0.4 is 15.4 Å². The first kappa shape index (κ1) is 17.4. The van der Waals surface area contributed by atoms with Crippen LogP contribution in [0.25, 0.3) is 0 Å². The average molecular weight is 357 g/mol. The van der Waals surface area contributed by atoms with E-state index in [0.29, 0.717) is 10.8 Å². The molecule has 0 saturated carbocycles. The Morgan fingerprint density at radius 1 is 1.17 bits per heavy atom. The number of hydrogen-bond acceptors (Lipinski definition) is 2. The molecule has 122 valence electrons. The smallest absolute Gasteiger partial charge is 0.387 e. The Labute approximate surface area is 143 Å². The van der Waals surface area contributed by atoms with E-state index in [9.17, 15) is 8.78 Å². The lowest BCUT2D eigenvalue weighted by Gasteiger charge is -2.17. The third-order valence-electron chi connectivity index (χ3n) is 3.05. The number of thiocarbonyl (C=S) groups is 1. The Kier molecular flexibility index (Phi) is 6.12. The second-order valence-electron chi connectivity index (χ2n) is 4.75. The number of halogens is 3. The number of benzene rings is 2. The monoisotopic (exact) mass is 356 g/mol. The van der Waals surface area contributed by atoms with Crippen molar-refractivity contribution in [2.75, 3.05) is 5.32 Å². The molecule has 0 fully saturated rings. The van der Waals surface area contributed by atoms with Crippen molar-refractivity contribution in [3.05, 3.63) is 59.1 Å². The highest BCUT2D eigenvalue weighted by Gasteiger charge is 2.10. The van der Waals surface area contributed by atoms with Crippen molar-refractivity contribution in [3.8, 4) is 5.75 Å². The number of nitrogens with one attached hydrogen (secondary N) is 2. The molecule has 3 nitrogen and oxygen atoms in total. The summed E-state index contributed by atoms with van der Waals surface area (Å²) in [6, 6.07) is 14.2. The third kappa shape index (κ3) is 5.33. The van der Waals surface area contributed by atoms with Crippen molar-refractivity contribution in [1.29, 1.82) is 0 Å². The van der Waals surface area contributed by atoms with Crippen LogP contribution in [0.15, 0.2) is 48.5 Å². The molecule has 0 radical (unpaired) electrons. The molecule has 0 aliphatic heterocycles. The minimum atomic E-state index is -2.92. The van der Waals surface area contributed by atoms with E-state index < -0.39 is 6.61 Å². The van der Waals surface area contributed by atoms with Gasteiger partial charge in [-0.05, 0) is 42.9 Å². The fourth-order valence-electron chi connectivity index (χ4n) is 1.96. The lowest BCUT2D eigenvalue weighted by Crippen LogP contribution is -2.30. The molecule has 7 heteroatoms. The molecule has 2 aromatic rings. The van der Waals surface area contributed by atoms with E-state index in [1.807, 2.05) is 37.3 Å². The molecule has 0 heterocycles. The first-order chi connectivity index (χ1) is 11.0. The van der Waals surface area contributed by atoms with Gasteiger partial charge in [0.2, 0.25) is 0 Å². The predicted molar refractivity (Wildman–Crippen MR) is 92.3 cm³/mol. The molecule has 0 aliphatic rings. The second kappa shape index (κ2) is 8.08. The van der Waals surface area contributed by atoms with Crippen LogP contribution in [0, 0.1) is 0 Å². The van der Waals surface area contributed by atoms with Gasteiger partial charge in [0.05, 0.1) is 11.1 Å². The summed E-state index contributed by atoms with van der Waals surface area (Å²) in [6.45, 7) is -0.934. The molecule has 0 saturated heterocycles. The maximum absolute atomic E-state index is 12.2. The van der Waals surface area contributed by atoms with Gasteiger partial charge in [0.15, 0.2) is 5.11 Å². The molecule has 0 aliphatic carbocycles. The molecular weight excluding hydrogens is 342 g/mol. The molecule has 1 atom stereocenters. The van der Waals surface area contributed by atoms with E-state index in [0.717, 1.165) is 5.56 Å². The molecule has 1 unspecified atom stereocenters. The molecule has 2 aromatic carbocycles. The summed E-state index contributed by atoms with van der Waals surface area (Å²) in [7, 11) is 0. The first-order valence-electron chi connectivity index (χ1n) is 6.82. The van der Waals surface area contributed by atoms with Gasteiger partial charge < -0.3 is 15.4 Å². The highest BCUT2D eigenvalue weighted by atomic mass is 35.5. The zero-order valence-electron chi connectivity index (χ0n) is 12.2. The number of alkyl halides is 2. The molecular formula is C16H15ClF2N2OS. The Hall–Kier alpha value is -1.92. The molecule has 2 rings (SSSR count). The fraction of sp³-hybridized carbons (Fsp3) is 0.188. The largest absolute Gasteiger partial charge is 0.433 e. The van der Waals surface area contributed by atoms with Crippen molar-refractivity contribution in [1.82, 2.24) is 5.32 Å². The Bertz CT molecular complexity index is 670. The zero-order valence-corrected chi connectivity index (χ0v) is 13.8. The molecule has 2 N–H and O–H groups in total. The van der Waals surface area contributed by atoms with Gasteiger partial charge in [-0.3, -0.25) is 0 Å². The lowest BCUT2D eigenvalue weighted by molar-refractivity contribution is -0.0497. The van der Waals surface area contributed by atoms with Gasteiger partial charge in [-0.25, -0.2) is 0 Å². The third-order valence-corrected chi connectivity index (χ3v) is 3.57. The zero-order chi connectivity index (χ0) is 16.8. The van der Waals surface area contributed by atoms with Crippen LogP contribution in [0.1, 0.15) is 18.5 Å². The standard InChI is InChI=1S/C16H15ClF2N2OS/c1-10(11-5-3-2-4-6-11)20-16(23)21-12-7-8-14(13(17)9-12)22-15(18)19/h2-10,15H,1H3,(H2,20,21,23). The number of hydrogen-bond donors (Lipinski definition) is 2. The molecule has 0 amide bonds. The summed E-state index contributed by atoms with van der Waals surface area (Å²) in [5, 5.41) is 6.57. The van der Waals surface area contributed by atoms with Crippen molar-refractivity contribution < 1.29 is 13.5 Å². The van der Waals surface area contributed by atoms with E-state index in [2.05, 4.69) is 15.4 Å². The summed E-state index contributed by atoms with van der Waals surface area (Å²) in [5.41, 5.74) is 1.67. The van der Waals surface area contributed by atoms with Gasteiger partial charge in [0, 0.05) is 5.69 Å². The predicted octanol–water partition coefficient (Wildman–Crippen LogP) is 4.99.